The molecule has 1 aliphatic heterocycles. The zero-order chi connectivity index (χ0) is 21.0. The Morgan fingerprint density at radius 1 is 1.03 bits per heavy atom. The third kappa shape index (κ3) is 5.10. The second-order valence-corrected chi connectivity index (χ2v) is 8.27. The molecule has 7 heteroatoms. The Morgan fingerprint density at radius 3 is 2.45 bits per heavy atom. The van der Waals surface area contributed by atoms with Gasteiger partial charge in [0.25, 0.3) is 5.91 Å². The van der Waals surface area contributed by atoms with Crippen molar-refractivity contribution in [2.75, 3.05) is 27.4 Å². The summed E-state index contributed by atoms with van der Waals surface area (Å²) in [6, 6.07) is 11.6. The van der Waals surface area contributed by atoms with Gasteiger partial charge in [-0.05, 0) is 60.9 Å². The van der Waals surface area contributed by atoms with Gasteiger partial charge in [0.1, 0.15) is 23.3 Å². The summed E-state index contributed by atoms with van der Waals surface area (Å²) in [6.45, 7) is 4.94. The van der Waals surface area contributed by atoms with Crippen LogP contribution in [0, 0.1) is 13.8 Å². The standard InChI is InChI=1S/C22H23NO4S2/c1-14-5-7-17(11-15(14)2)26-9-10-27-18-8-6-16(12-19(18)25-4)13-20-21(24)23(3)22(28)29-20/h5-8,11-13H,9-10H2,1-4H3/b20-13-. The van der Waals surface area contributed by atoms with Crippen LogP contribution in [-0.2, 0) is 4.79 Å². The second-order valence-electron chi connectivity index (χ2n) is 6.59. The first-order valence-corrected chi connectivity index (χ1v) is 10.3. The molecule has 0 saturated carbocycles. The van der Waals surface area contributed by atoms with E-state index in [0.29, 0.717) is 33.9 Å². The molecule has 0 radical (unpaired) electrons. The Bertz CT molecular complexity index is 971. The summed E-state index contributed by atoms with van der Waals surface area (Å²) >= 11 is 6.45. The van der Waals surface area contributed by atoms with E-state index in [1.54, 1.807) is 20.2 Å². The maximum absolute atomic E-state index is 12.2. The monoisotopic (exact) mass is 429 g/mol. The van der Waals surface area contributed by atoms with Gasteiger partial charge in [0.05, 0.1) is 12.0 Å². The summed E-state index contributed by atoms with van der Waals surface area (Å²) in [4.78, 5) is 14.2. The van der Waals surface area contributed by atoms with Crippen LogP contribution in [0.5, 0.6) is 17.2 Å². The van der Waals surface area contributed by atoms with E-state index in [9.17, 15) is 4.79 Å². The lowest BCUT2D eigenvalue weighted by atomic mass is 10.1. The van der Waals surface area contributed by atoms with Crippen molar-refractivity contribution in [1.29, 1.82) is 0 Å². The average Bonchev–Trinajstić information content (AvgIpc) is 2.95. The highest BCUT2D eigenvalue weighted by Gasteiger charge is 2.28. The number of benzene rings is 2. The Balaban J connectivity index is 1.61. The summed E-state index contributed by atoms with van der Waals surface area (Å²) in [5, 5.41) is 0. The zero-order valence-electron chi connectivity index (χ0n) is 16.9. The average molecular weight is 430 g/mol. The lowest BCUT2D eigenvalue weighted by Crippen LogP contribution is -2.22. The van der Waals surface area contributed by atoms with Gasteiger partial charge in [-0.15, -0.1) is 0 Å². The van der Waals surface area contributed by atoms with E-state index in [2.05, 4.69) is 13.8 Å². The van der Waals surface area contributed by atoms with E-state index in [-0.39, 0.29) is 5.91 Å². The number of carbonyl (C=O) groups excluding carboxylic acids is 1. The van der Waals surface area contributed by atoms with Crippen LogP contribution < -0.4 is 14.2 Å². The van der Waals surface area contributed by atoms with Gasteiger partial charge in [-0.25, -0.2) is 0 Å². The molecule has 3 rings (SSSR count). The Labute approximate surface area is 180 Å². The molecule has 1 heterocycles. The zero-order valence-corrected chi connectivity index (χ0v) is 18.5. The van der Waals surface area contributed by atoms with Crippen LogP contribution in [0.2, 0.25) is 0 Å². The molecular weight excluding hydrogens is 406 g/mol. The second kappa shape index (κ2) is 9.33. The Hall–Kier alpha value is -2.51. The number of aryl methyl sites for hydroxylation is 2. The van der Waals surface area contributed by atoms with Gasteiger partial charge in [0.15, 0.2) is 11.5 Å². The lowest BCUT2D eigenvalue weighted by molar-refractivity contribution is -0.121. The van der Waals surface area contributed by atoms with Crippen LogP contribution in [0.15, 0.2) is 41.3 Å². The SMILES string of the molecule is COc1cc(/C=C2\SC(=S)N(C)C2=O)ccc1OCCOc1ccc(C)c(C)c1. The molecule has 1 aliphatic rings. The number of thiocarbonyl (C=S) groups is 1. The fourth-order valence-corrected chi connectivity index (χ4v) is 3.88. The molecule has 0 unspecified atom stereocenters. The van der Waals surface area contributed by atoms with E-state index in [4.69, 9.17) is 26.4 Å². The molecule has 152 valence electrons. The molecule has 0 aliphatic carbocycles. The molecule has 1 amide bonds. The quantitative estimate of drug-likeness (QED) is 0.364. The van der Waals surface area contributed by atoms with Crippen LogP contribution >= 0.6 is 24.0 Å². The molecule has 1 fully saturated rings. The summed E-state index contributed by atoms with van der Waals surface area (Å²) in [5.41, 5.74) is 3.27. The van der Waals surface area contributed by atoms with Crippen LogP contribution in [0.25, 0.3) is 6.08 Å². The maximum Gasteiger partial charge on any atom is 0.265 e. The molecule has 5 nitrogen and oxygen atoms in total. The summed E-state index contributed by atoms with van der Waals surface area (Å²) in [6.07, 6.45) is 1.80. The fourth-order valence-electron chi connectivity index (χ4n) is 2.70. The maximum atomic E-state index is 12.2. The molecule has 0 atom stereocenters. The van der Waals surface area contributed by atoms with Crippen molar-refractivity contribution in [3.63, 3.8) is 0 Å². The number of amides is 1. The normalized spacial score (nSPS) is 15.2. The van der Waals surface area contributed by atoms with Gasteiger partial charge < -0.3 is 14.2 Å². The Morgan fingerprint density at radius 2 is 1.79 bits per heavy atom. The minimum Gasteiger partial charge on any atom is -0.493 e. The van der Waals surface area contributed by atoms with Crippen molar-refractivity contribution in [3.05, 3.63) is 58.0 Å². The van der Waals surface area contributed by atoms with Crippen LogP contribution in [-0.4, -0.2) is 42.5 Å². The Kier molecular flexibility index (Phi) is 6.82. The van der Waals surface area contributed by atoms with Gasteiger partial charge in [0.2, 0.25) is 0 Å². The third-order valence-electron chi connectivity index (χ3n) is 4.56. The number of hydrogen-bond donors (Lipinski definition) is 0. The van der Waals surface area contributed by atoms with Crippen molar-refractivity contribution in [1.82, 2.24) is 4.90 Å². The number of thioether (sulfide) groups is 1. The van der Waals surface area contributed by atoms with Gasteiger partial charge in [-0.3, -0.25) is 9.69 Å². The number of methoxy groups -OCH3 is 1. The highest BCUT2D eigenvalue weighted by molar-refractivity contribution is 8.26. The minimum atomic E-state index is -0.0946. The van der Waals surface area contributed by atoms with Gasteiger partial charge in [-0.2, -0.15) is 0 Å². The number of ether oxygens (including phenoxy) is 3. The molecule has 0 N–H and O–H groups in total. The topological polar surface area (TPSA) is 48.0 Å². The molecule has 0 spiro atoms. The first kappa shape index (κ1) is 21.2. The van der Waals surface area contributed by atoms with E-state index < -0.39 is 0 Å². The highest BCUT2D eigenvalue weighted by Crippen LogP contribution is 2.34. The first-order valence-electron chi connectivity index (χ1n) is 9.11. The van der Waals surface area contributed by atoms with Crippen molar-refractivity contribution in [3.8, 4) is 17.2 Å². The summed E-state index contributed by atoms with van der Waals surface area (Å²) in [5.74, 6) is 1.95. The largest absolute Gasteiger partial charge is 0.493 e. The number of likely N-dealkylation sites (N-methyl/N-ethyl adjacent to an activating group) is 1. The minimum absolute atomic E-state index is 0.0946. The van der Waals surface area contributed by atoms with E-state index in [1.807, 2.05) is 36.4 Å². The molecular formula is C22H23NO4S2. The van der Waals surface area contributed by atoms with Crippen LogP contribution in [0.4, 0.5) is 0 Å². The molecule has 0 aromatic heterocycles. The number of hydrogen-bond acceptors (Lipinski definition) is 6. The predicted molar refractivity (Wildman–Crippen MR) is 121 cm³/mol. The molecule has 29 heavy (non-hydrogen) atoms. The van der Waals surface area contributed by atoms with E-state index in [1.165, 1.54) is 27.8 Å². The summed E-state index contributed by atoms with van der Waals surface area (Å²) in [7, 11) is 3.26. The van der Waals surface area contributed by atoms with Gasteiger partial charge in [0, 0.05) is 7.05 Å². The van der Waals surface area contributed by atoms with Crippen molar-refractivity contribution in [2.45, 2.75) is 13.8 Å². The molecule has 2 aromatic rings. The van der Waals surface area contributed by atoms with Crippen molar-refractivity contribution in [2.24, 2.45) is 0 Å². The smallest absolute Gasteiger partial charge is 0.265 e. The number of carbonyl (C=O) groups is 1. The summed E-state index contributed by atoms with van der Waals surface area (Å²) < 4.78 is 17.6. The fraction of sp³-hybridized carbons (Fsp3) is 0.273. The lowest BCUT2D eigenvalue weighted by Gasteiger charge is -2.13. The number of nitrogens with zero attached hydrogens (tertiary/aromatic N) is 1. The van der Waals surface area contributed by atoms with Crippen LogP contribution in [0.1, 0.15) is 16.7 Å². The first-order chi connectivity index (χ1) is 13.9. The molecule has 2 aromatic carbocycles. The highest BCUT2D eigenvalue weighted by atomic mass is 32.2. The third-order valence-corrected chi connectivity index (χ3v) is 6.04. The van der Waals surface area contributed by atoms with Gasteiger partial charge >= 0.3 is 0 Å². The molecule has 0 bridgehead atoms. The van der Waals surface area contributed by atoms with E-state index >= 15 is 0 Å². The van der Waals surface area contributed by atoms with E-state index in [0.717, 1.165) is 11.3 Å². The predicted octanol–water partition coefficient (Wildman–Crippen LogP) is 4.60. The van der Waals surface area contributed by atoms with Crippen molar-refractivity contribution >= 4 is 40.3 Å². The van der Waals surface area contributed by atoms with Gasteiger partial charge in [-0.1, -0.05) is 36.1 Å². The van der Waals surface area contributed by atoms with Crippen molar-refractivity contribution < 1.29 is 19.0 Å². The number of rotatable bonds is 7. The van der Waals surface area contributed by atoms with Crippen LogP contribution in [0.3, 0.4) is 0 Å². The molecule has 1 saturated heterocycles.